The van der Waals surface area contributed by atoms with Crippen LogP contribution in [0.25, 0.3) is 0 Å². The Balaban J connectivity index is 3.05. The van der Waals surface area contributed by atoms with Gasteiger partial charge in [-0.15, -0.1) is 0 Å². The molecule has 0 aliphatic carbocycles. The summed E-state index contributed by atoms with van der Waals surface area (Å²) in [7, 11) is -0.402. The first-order chi connectivity index (χ1) is 8.35. The van der Waals surface area contributed by atoms with Gasteiger partial charge in [0.05, 0.1) is 25.5 Å². The van der Waals surface area contributed by atoms with Crippen LogP contribution >= 0.6 is 0 Å². The van der Waals surface area contributed by atoms with E-state index in [0.717, 1.165) is 6.26 Å². The van der Waals surface area contributed by atoms with Gasteiger partial charge in [0.15, 0.2) is 0 Å². The van der Waals surface area contributed by atoms with E-state index in [1.807, 2.05) is 0 Å². The molecule has 7 heteroatoms. The van der Waals surface area contributed by atoms with Gasteiger partial charge < -0.3 is 10.1 Å². The zero-order valence-electron chi connectivity index (χ0n) is 10.5. The number of likely N-dealkylation sites (N-methyl/N-ethyl adjacent to an activating group) is 1. The van der Waals surface area contributed by atoms with Gasteiger partial charge in [-0.2, -0.15) is 0 Å². The molecular weight excluding hydrogens is 256 g/mol. The molecule has 100 valence electrons. The summed E-state index contributed by atoms with van der Waals surface area (Å²) in [5, 5.41) is 2.50. The average molecular weight is 272 g/mol. The molecule has 0 radical (unpaired) electrons. The second-order valence-electron chi connectivity index (χ2n) is 3.76. The molecule has 1 aromatic rings. The minimum Gasteiger partial charge on any atom is -0.495 e. The molecule has 0 saturated carbocycles. The van der Waals surface area contributed by atoms with Crippen molar-refractivity contribution >= 4 is 21.6 Å². The summed E-state index contributed by atoms with van der Waals surface area (Å²) in [6.45, 7) is 0. The number of hydrogen-bond acceptors (Lipinski definition) is 4. The van der Waals surface area contributed by atoms with E-state index in [2.05, 4.69) is 10.0 Å². The van der Waals surface area contributed by atoms with Crippen molar-refractivity contribution < 1.29 is 17.9 Å². The van der Waals surface area contributed by atoms with Crippen LogP contribution in [0.15, 0.2) is 18.2 Å². The van der Waals surface area contributed by atoms with E-state index in [4.69, 9.17) is 4.74 Å². The van der Waals surface area contributed by atoms with Gasteiger partial charge in [-0.05, 0) is 17.7 Å². The highest BCUT2D eigenvalue weighted by molar-refractivity contribution is 7.92. The third-order valence-corrected chi connectivity index (χ3v) is 2.79. The fourth-order valence-electron chi connectivity index (χ4n) is 1.42. The van der Waals surface area contributed by atoms with E-state index < -0.39 is 10.0 Å². The van der Waals surface area contributed by atoms with Crippen molar-refractivity contribution in [1.82, 2.24) is 5.32 Å². The Morgan fingerprint density at radius 1 is 1.39 bits per heavy atom. The highest BCUT2D eigenvalue weighted by Crippen LogP contribution is 2.26. The molecule has 0 aliphatic heterocycles. The van der Waals surface area contributed by atoms with E-state index in [9.17, 15) is 13.2 Å². The van der Waals surface area contributed by atoms with Crippen LogP contribution < -0.4 is 14.8 Å². The van der Waals surface area contributed by atoms with Crippen molar-refractivity contribution in [1.29, 1.82) is 0 Å². The van der Waals surface area contributed by atoms with E-state index in [0.29, 0.717) is 17.0 Å². The summed E-state index contributed by atoms with van der Waals surface area (Å²) in [5.74, 6) is 0.256. The van der Waals surface area contributed by atoms with Gasteiger partial charge in [-0.25, -0.2) is 8.42 Å². The van der Waals surface area contributed by atoms with Crippen molar-refractivity contribution in [2.75, 3.05) is 25.1 Å². The van der Waals surface area contributed by atoms with Gasteiger partial charge in [0.25, 0.3) is 0 Å². The molecule has 6 nitrogen and oxygen atoms in total. The van der Waals surface area contributed by atoms with Gasteiger partial charge in [-0.3, -0.25) is 9.52 Å². The average Bonchev–Trinajstić information content (AvgIpc) is 2.27. The summed E-state index contributed by atoms with van der Waals surface area (Å²) in [4.78, 5) is 11.3. The maximum atomic E-state index is 11.3. The van der Waals surface area contributed by atoms with Crippen LogP contribution in [0, 0.1) is 0 Å². The number of anilines is 1. The molecule has 1 amide bonds. The van der Waals surface area contributed by atoms with Crippen molar-refractivity contribution in [2.24, 2.45) is 0 Å². The molecule has 1 rings (SSSR count). The third-order valence-electron chi connectivity index (χ3n) is 2.20. The summed E-state index contributed by atoms with van der Waals surface area (Å²) in [6, 6.07) is 4.91. The number of methoxy groups -OCH3 is 1. The van der Waals surface area contributed by atoms with Crippen molar-refractivity contribution in [3.63, 3.8) is 0 Å². The maximum absolute atomic E-state index is 11.3. The fourth-order valence-corrected chi connectivity index (χ4v) is 1.98. The monoisotopic (exact) mass is 272 g/mol. The molecule has 0 spiro atoms. The summed E-state index contributed by atoms with van der Waals surface area (Å²) in [5.41, 5.74) is 1.02. The molecule has 0 aromatic heterocycles. The molecule has 0 atom stereocenters. The SMILES string of the molecule is CNC(=O)Cc1ccc(OC)c(NS(C)(=O)=O)c1. The number of carbonyl (C=O) groups is 1. The van der Waals surface area contributed by atoms with E-state index in [-0.39, 0.29) is 12.3 Å². The smallest absolute Gasteiger partial charge is 0.229 e. The van der Waals surface area contributed by atoms with Crippen LogP contribution in [0.2, 0.25) is 0 Å². The van der Waals surface area contributed by atoms with Gasteiger partial charge in [0, 0.05) is 7.05 Å². The standard InChI is InChI=1S/C11H16N2O4S/c1-12-11(14)7-8-4-5-10(17-2)9(6-8)13-18(3,15)16/h4-6,13H,7H2,1-3H3,(H,12,14). The lowest BCUT2D eigenvalue weighted by Crippen LogP contribution is -2.20. The van der Waals surface area contributed by atoms with Crippen LogP contribution in [0.3, 0.4) is 0 Å². The van der Waals surface area contributed by atoms with E-state index in [1.54, 1.807) is 25.2 Å². The topological polar surface area (TPSA) is 84.5 Å². The zero-order chi connectivity index (χ0) is 13.8. The Labute approximate surface area is 106 Å². The molecule has 0 aliphatic rings. The van der Waals surface area contributed by atoms with Crippen molar-refractivity contribution in [3.8, 4) is 5.75 Å². The molecule has 0 bridgehead atoms. The van der Waals surface area contributed by atoms with Gasteiger partial charge in [0.2, 0.25) is 15.9 Å². The highest BCUT2D eigenvalue weighted by atomic mass is 32.2. The minimum absolute atomic E-state index is 0.148. The predicted octanol–water partition coefficient (Wildman–Crippen LogP) is 0.355. The second-order valence-corrected chi connectivity index (χ2v) is 5.51. The van der Waals surface area contributed by atoms with Crippen LogP contribution in [0.1, 0.15) is 5.56 Å². The summed E-state index contributed by atoms with van der Waals surface area (Å²) >= 11 is 0. The Morgan fingerprint density at radius 2 is 2.06 bits per heavy atom. The quantitative estimate of drug-likeness (QED) is 0.810. The Hall–Kier alpha value is -1.76. The number of amides is 1. The fraction of sp³-hybridized carbons (Fsp3) is 0.364. The molecule has 0 unspecified atom stereocenters. The van der Waals surface area contributed by atoms with Crippen molar-refractivity contribution in [2.45, 2.75) is 6.42 Å². The Morgan fingerprint density at radius 3 is 2.56 bits per heavy atom. The number of ether oxygens (including phenoxy) is 1. The van der Waals surface area contributed by atoms with E-state index >= 15 is 0 Å². The first-order valence-corrected chi connectivity index (χ1v) is 7.10. The number of hydrogen-bond donors (Lipinski definition) is 2. The lowest BCUT2D eigenvalue weighted by Gasteiger charge is -2.11. The highest BCUT2D eigenvalue weighted by Gasteiger charge is 2.10. The molecule has 0 saturated heterocycles. The van der Waals surface area contributed by atoms with Crippen LogP contribution in [-0.2, 0) is 21.2 Å². The first kappa shape index (κ1) is 14.3. The van der Waals surface area contributed by atoms with Gasteiger partial charge >= 0.3 is 0 Å². The normalized spacial score (nSPS) is 10.8. The zero-order valence-corrected chi connectivity index (χ0v) is 11.3. The number of rotatable bonds is 5. The lowest BCUT2D eigenvalue weighted by molar-refractivity contribution is -0.119. The van der Waals surface area contributed by atoms with Crippen LogP contribution in [0.5, 0.6) is 5.75 Å². The molecule has 0 heterocycles. The molecule has 18 heavy (non-hydrogen) atoms. The minimum atomic E-state index is -3.39. The summed E-state index contributed by atoms with van der Waals surface area (Å²) in [6.07, 6.45) is 1.23. The predicted molar refractivity (Wildman–Crippen MR) is 69.2 cm³/mol. The third kappa shape index (κ3) is 4.25. The largest absolute Gasteiger partial charge is 0.495 e. The van der Waals surface area contributed by atoms with Gasteiger partial charge in [-0.1, -0.05) is 6.07 Å². The second kappa shape index (κ2) is 5.72. The number of carbonyl (C=O) groups excluding carboxylic acids is 1. The van der Waals surface area contributed by atoms with Crippen LogP contribution in [-0.4, -0.2) is 34.7 Å². The molecular formula is C11H16N2O4S. The molecule has 0 fully saturated rings. The lowest BCUT2D eigenvalue weighted by atomic mass is 10.1. The van der Waals surface area contributed by atoms with E-state index in [1.165, 1.54) is 7.11 Å². The Bertz CT molecular complexity index is 540. The van der Waals surface area contributed by atoms with Crippen LogP contribution in [0.4, 0.5) is 5.69 Å². The van der Waals surface area contributed by atoms with Crippen molar-refractivity contribution in [3.05, 3.63) is 23.8 Å². The first-order valence-electron chi connectivity index (χ1n) is 5.21. The molecule has 2 N–H and O–H groups in total. The molecule has 1 aromatic carbocycles. The number of benzene rings is 1. The summed E-state index contributed by atoms with van der Waals surface area (Å²) < 4.78 is 29.8. The number of nitrogens with one attached hydrogen (secondary N) is 2. The maximum Gasteiger partial charge on any atom is 0.229 e. The Kier molecular flexibility index (Phi) is 4.55. The number of sulfonamides is 1. The van der Waals surface area contributed by atoms with Gasteiger partial charge in [0.1, 0.15) is 5.75 Å².